The minimum absolute atomic E-state index is 0.143. The number of hydrogen-bond acceptors (Lipinski definition) is 4. The van der Waals surface area contributed by atoms with Crippen molar-refractivity contribution in [2.24, 2.45) is 0 Å². The fraction of sp³-hybridized carbons (Fsp3) is 0.267. The van der Waals surface area contributed by atoms with Crippen molar-refractivity contribution in [2.45, 2.75) is 25.6 Å². The minimum Gasteiger partial charge on any atom is -0.337 e. The Hall–Kier alpha value is -2.71. The number of rotatable bonds is 4. The molecule has 3 rings (SSSR count). The zero-order valence-electron chi connectivity index (χ0n) is 12.5. The summed E-state index contributed by atoms with van der Waals surface area (Å²) in [5.74, 6) is 0.149. The Balaban J connectivity index is 1.74. The molecule has 3 aromatic rings. The lowest BCUT2D eigenvalue weighted by Crippen LogP contribution is -2.11. The molecule has 1 aromatic carbocycles. The normalized spacial score (nSPS) is 13.2. The molecule has 1 atom stereocenters. The van der Waals surface area contributed by atoms with Crippen molar-refractivity contribution in [1.29, 1.82) is 0 Å². The Labute approximate surface area is 133 Å². The maximum Gasteiger partial charge on any atom is 0.435 e. The van der Waals surface area contributed by atoms with Gasteiger partial charge < -0.3 is 4.52 Å². The van der Waals surface area contributed by atoms with E-state index in [-0.39, 0.29) is 11.7 Å². The largest absolute Gasteiger partial charge is 0.435 e. The minimum atomic E-state index is -4.51. The number of aromatic nitrogens is 4. The van der Waals surface area contributed by atoms with E-state index in [4.69, 9.17) is 4.52 Å². The predicted molar refractivity (Wildman–Crippen MR) is 74.5 cm³/mol. The van der Waals surface area contributed by atoms with Crippen molar-refractivity contribution >= 4 is 0 Å². The van der Waals surface area contributed by atoms with Gasteiger partial charge in [-0.15, -0.1) is 0 Å². The molecule has 0 aliphatic carbocycles. The second kappa shape index (κ2) is 6.06. The molecule has 0 unspecified atom stereocenters. The monoisotopic (exact) mass is 340 g/mol. The molecule has 0 saturated heterocycles. The van der Waals surface area contributed by atoms with Gasteiger partial charge >= 0.3 is 6.18 Å². The first-order valence-corrected chi connectivity index (χ1v) is 7.02. The summed E-state index contributed by atoms with van der Waals surface area (Å²) in [6, 6.07) is 6.07. The highest BCUT2D eigenvalue weighted by atomic mass is 19.4. The number of halogens is 4. The summed E-state index contributed by atoms with van der Waals surface area (Å²) < 4.78 is 56.8. The molecule has 0 amide bonds. The molecule has 5 nitrogen and oxygen atoms in total. The molecule has 9 heteroatoms. The van der Waals surface area contributed by atoms with Gasteiger partial charge in [0, 0.05) is 12.6 Å². The molecule has 0 bridgehead atoms. The Kier molecular flexibility index (Phi) is 4.08. The third kappa shape index (κ3) is 3.44. The molecule has 0 spiro atoms. The van der Waals surface area contributed by atoms with E-state index in [9.17, 15) is 17.6 Å². The SMILES string of the molecule is C[C@@H](c1nc(Cc2ccc(F)cc2)no1)n1ccc(C(F)(F)F)n1. The van der Waals surface area contributed by atoms with Crippen LogP contribution >= 0.6 is 0 Å². The van der Waals surface area contributed by atoms with E-state index in [1.54, 1.807) is 19.1 Å². The number of nitrogens with zero attached hydrogens (tertiary/aromatic N) is 4. The van der Waals surface area contributed by atoms with Crippen LogP contribution in [0.4, 0.5) is 17.6 Å². The highest BCUT2D eigenvalue weighted by molar-refractivity contribution is 5.19. The van der Waals surface area contributed by atoms with E-state index < -0.39 is 17.9 Å². The Morgan fingerprint density at radius 2 is 1.88 bits per heavy atom. The van der Waals surface area contributed by atoms with Crippen molar-refractivity contribution in [2.75, 3.05) is 0 Å². The lowest BCUT2D eigenvalue weighted by molar-refractivity contribution is -0.141. The van der Waals surface area contributed by atoms with Gasteiger partial charge in [0.25, 0.3) is 5.89 Å². The first-order valence-electron chi connectivity index (χ1n) is 7.02. The van der Waals surface area contributed by atoms with Crippen molar-refractivity contribution in [3.63, 3.8) is 0 Å². The molecule has 0 fully saturated rings. The first-order chi connectivity index (χ1) is 11.3. The molecule has 0 radical (unpaired) electrons. The van der Waals surface area contributed by atoms with Crippen LogP contribution in [0.15, 0.2) is 41.1 Å². The predicted octanol–water partition coefficient (Wildman–Crippen LogP) is 3.62. The van der Waals surface area contributed by atoms with Crippen molar-refractivity contribution in [3.8, 4) is 0 Å². The van der Waals surface area contributed by atoms with E-state index in [1.807, 2.05) is 0 Å². The zero-order valence-corrected chi connectivity index (χ0v) is 12.5. The van der Waals surface area contributed by atoms with Crippen molar-refractivity contribution in [3.05, 3.63) is 65.3 Å². The number of alkyl halides is 3. The fourth-order valence-electron chi connectivity index (χ4n) is 2.11. The zero-order chi connectivity index (χ0) is 17.3. The molecule has 0 aliphatic rings. The molecule has 0 aliphatic heterocycles. The topological polar surface area (TPSA) is 56.7 Å². The summed E-state index contributed by atoms with van der Waals surface area (Å²) >= 11 is 0. The van der Waals surface area contributed by atoms with Gasteiger partial charge in [0.15, 0.2) is 11.5 Å². The summed E-state index contributed by atoms with van der Waals surface area (Å²) in [4.78, 5) is 4.16. The Morgan fingerprint density at radius 3 is 2.50 bits per heavy atom. The molecule has 126 valence electrons. The van der Waals surface area contributed by atoms with Crippen LogP contribution in [-0.2, 0) is 12.6 Å². The van der Waals surface area contributed by atoms with Crippen LogP contribution in [0.25, 0.3) is 0 Å². The molecule has 0 N–H and O–H groups in total. The van der Waals surface area contributed by atoms with Crippen LogP contribution < -0.4 is 0 Å². The summed E-state index contributed by atoms with van der Waals surface area (Å²) in [5.41, 5.74) is -0.199. The van der Waals surface area contributed by atoms with Gasteiger partial charge in [-0.25, -0.2) is 4.39 Å². The lowest BCUT2D eigenvalue weighted by Gasteiger charge is -2.07. The summed E-state index contributed by atoms with van der Waals surface area (Å²) in [6.45, 7) is 1.60. The van der Waals surface area contributed by atoms with Crippen molar-refractivity contribution < 1.29 is 22.1 Å². The first kappa shape index (κ1) is 16.2. The summed E-state index contributed by atoms with van der Waals surface area (Å²) in [7, 11) is 0. The van der Waals surface area contributed by atoms with Gasteiger partial charge in [-0.3, -0.25) is 4.68 Å². The van der Waals surface area contributed by atoms with E-state index in [0.29, 0.717) is 12.2 Å². The third-order valence-electron chi connectivity index (χ3n) is 3.41. The summed E-state index contributed by atoms with van der Waals surface area (Å²) in [5, 5.41) is 7.28. The van der Waals surface area contributed by atoms with Gasteiger partial charge in [0.05, 0.1) is 0 Å². The third-order valence-corrected chi connectivity index (χ3v) is 3.41. The van der Waals surface area contributed by atoms with Gasteiger partial charge in [0.2, 0.25) is 0 Å². The standard InChI is InChI=1S/C15H12F4N4O/c1-9(23-7-6-12(21-23)15(17,18)19)14-20-13(22-24-14)8-10-2-4-11(16)5-3-10/h2-7,9H,8H2,1H3/t9-/m0/s1. The second-order valence-corrected chi connectivity index (χ2v) is 5.21. The Morgan fingerprint density at radius 1 is 1.17 bits per heavy atom. The van der Waals surface area contributed by atoms with Gasteiger partial charge in [-0.1, -0.05) is 17.3 Å². The van der Waals surface area contributed by atoms with Crippen molar-refractivity contribution in [1.82, 2.24) is 19.9 Å². The van der Waals surface area contributed by atoms with Gasteiger partial charge in [-0.05, 0) is 30.7 Å². The van der Waals surface area contributed by atoms with Crippen LogP contribution in [0.1, 0.15) is 35.9 Å². The molecule has 2 heterocycles. The summed E-state index contributed by atoms with van der Waals surface area (Å²) in [6.07, 6.45) is -2.98. The highest BCUT2D eigenvalue weighted by Gasteiger charge is 2.34. The van der Waals surface area contributed by atoms with E-state index >= 15 is 0 Å². The molecule has 2 aromatic heterocycles. The maximum atomic E-state index is 12.9. The molecule has 24 heavy (non-hydrogen) atoms. The van der Waals surface area contributed by atoms with Gasteiger partial charge in [0.1, 0.15) is 11.9 Å². The van der Waals surface area contributed by atoms with Crippen LogP contribution in [0.5, 0.6) is 0 Å². The molecular formula is C15H12F4N4O. The average Bonchev–Trinajstić information content (AvgIpc) is 3.18. The quantitative estimate of drug-likeness (QED) is 0.681. The van der Waals surface area contributed by atoms with Crippen LogP contribution in [-0.4, -0.2) is 19.9 Å². The lowest BCUT2D eigenvalue weighted by atomic mass is 10.1. The number of hydrogen-bond donors (Lipinski definition) is 0. The maximum absolute atomic E-state index is 12.9. The van der Waals surface area contributed by atoms with Crippen LogP contribution in [0.3, 0.4) is 0 Å². The van der Waals surface area contributed by atoms with Crippen LogP contribution in [0, 0.1) is 5.82 Å². The average molecular weight is 340 g/mol. The molecule has 0 saturated carbocycles. The second-order valence-electron chi connectivity index (χ2n) is 5.21. The van der Waals surface area contributed by atoms with Crippen LogP contribution in [0.2, 0.25) is 0 Å². The fourth-order valence-corrected chi connectivity index (χ4v) is 2.11. The van der Waals surface area contributed by atoms with Gasteiger partial charge in [-0.2, -0.15) is 23.3 Å². The van der Waals surface area contributed by atoms with E-state index in [0.717, 1.165) is 16.3 Å². The smallest absolute Gasteiger partial charge is 0.337 e. The van der Waals surface area contributed by atoms with E-state index in [2.05, 4.69) is 15.2 Å². The molecular weight excluding hydrogens is 328 g/mol. The highest BCUT2D eigenvalue weighted by Crippen LogP contribution is 2.28. The Bertz CT molecular complexity index is 823. The number of benzene rings is 1. The van der Waals surface area contributed by atoms with E-state index in [1.165, 1.54) is 18.3 Å².